The second kappa shape index (κ2) is 52.1. The maximum Gasteiger partial charge on any atom is 0.305 e. The van der Waals surface area contributed by atoms with Crippen LogP contribution in [0.2, 0.25) is 0 Å². The van der Waals surface area contributed by atoms with E-state index in [1.165, 1.54) is 97.8 Å². The van der Waals surface area contributed by atoms with Crippen LogP contribution in [-0.4, -0.2) is 323 Å². The molecule has 45 nitrogen and oxygen atoms in total. The standard InChI is InChI=1S/C87H114N18O27S3/c1-45-39-133-42-65(108)103-27-29-104-31-32-105(30-28-103)67(110)44-135-41-63(101-76(122)47(3)91-79(125)58(35-51-17-12-16-50-15-10-11-18-53(50)51)97-77(123)54(23-25-68(111)112)92-82(128)59(36-64(88)107)94-75(121)46(2)90-74(45)120)85(131)93-55(24-26-69(113)114)78(124)98-60(37-70(115)116)83(129)96-56(33-48-13-8-7-9-14-48)80(126)95-57(34-49-19-21-52(106)22-20-49)81(127)99-61(38-71(117)118)84(130)102-72(87(4,5)6)86(132)100-62(73(89)119)40-134-43-66(104)109/h7-22,45-47,54-63,72,106H,23-44H2,1-6H3,(H2,88,107)(H2,89,119)(H,90,120)(H,91,125)(H,92,128)(H,93,131)(H,94,121)(H,95,126)(H,96,129)(H,97,123)(H,98,124)(H,99,127)(H,100,132)(H,101,122)(H,102,130)(H,111,112)(H,113,114)(H,115,116)(H,117,118)/t45-,46+,47+,54-,55-,56-,57-,58-,59-,60-,61?,62-,63-,72+/m0/s1. The van der Waals surface area contributed by atoms with Gasteiger partial charge in [0.1, 0.15) is 84.3 Å². The number of phenols is 1. The highest BCUT2D eigenvalue weighted by Gasteiger charge is 2.42. The third-order valence-corrected chi connectivity index (χ3v) is 25.0. The number of carbonyl (C=O) groups is 22. The number of amides is 18. The lowest BCUT2D eigenvalue weighted by Gasteiger charge is -2.33. The van der Waals surface area contributed by atoms with E-state index in [2.05, 4.69) is 69.1 Å². The van der Waals surface area contributed by atoms with Crippen molar-refractivity contribution in [2.24, 2.45) is 22.8 Å². The zero-order chi connectivity index (χ0) is 99.7. The second-order valence-electron chi connectivity index (χ2n) is 33.5. The number of hydrogen-bond acceptors (Lipinski definition) is 26. The van der Waals surface area contributed by atoms with Crippen LogP contribution in [0.3, 0.4) is 0 Å². The van der Waals surface area contributed by atoms with Crippen molar-refractivity contribution < 1.29 is 131 Å². The Morgan fingerprint density at radius 3 is 1.22 bits per heavy atom. The molecule has 3 fully saturated rings. The van der Waals surface area contributed by atoms with E-state index in [0.29, 0.717) is 33.7 Å². The van der Waals surface area contributed by atoms with E-state index in [9.17, 15) is 117 Å². The summed E-state index contributed by atoms with van der Waals surface area (Å²) >= 11 is 2.42. The van der Waals surface area contributed by atoms with E-state index in [4.69, 9.17) is 11.5 Å². The maximum absolute atomic E-state index is 15.3. The van der Waals surface area contributed by atoms with Crippen molar-refractivity contribution in [3.8, 4) is 5.75 Å². The molecule has 3 heterocycles. The second-order valence-corrected chi connectivity index (χ2v) is 36.6. The highest BCUT2D eigenvalue weighted by molar-refractivity contribution is 8.00. The summed E-state index contributed by atoms with van der Waals surface area (Å²) in [6, 6.07) is 0.0286. The normalized spacial score (nSPS) is 24.8. The summed E-state index contributed by atoms with van der Waals surface area (Å²) < 4.78 is 0. The van der Waals surface area contributed by atoms with Gasteiger partial charge in [-0.2, -0.15) is 11.8 Å². The van der Waals surface area contributed by atoms with Crippen molar-refractivity contribution in [2.45, 2.75) is 184 Å². The number of hydrogen-bond donors (Lipinski definition) is 20. The Morgan fingerprint density at radius 2 is 0.748 bits per heavy atom. The number of fused-ring (bicyclic) bond motifs is 9. The first-order chi connectivity index (χ1) is 63.7. The third-order valence-electron chi connectivity index (χ3n) is 21.7. The summed E-state index contributed by atoms with van der Waals surface area (Å²) in [5.74, 6) is -30.5. The van der Waals surface area contributed by atoms with E-state index < -0.39 is 307 Å². The molecule has 48 heteroatoms. The fraction of sp³-hybridized carbons (Fsp3) is 0.494. The largest absolute Gasteiger partial charge is 0.508 e. The molecular formula is C87H114N18O27S3. The summed E-state index contributed by atoms with van der Waals surface area (Å²) in [5, 5.41) is 83.3. The van der Waals surface area contributed by atoms with E-state index in [0.717, 1.165) is 30.4 Å². The minimum Gasteiger partial charge on any atom is -0.508 e. The van der Waals surface area contributed by atoms with Crippen LogP contribution >= 0.6 is 35.3 Å². The number of carboxylic acid groups (broad SMARTS) is 4. The smallest absolute Gasteiger partial charge is 0.305 e. The van der Waals surface area contributed by atoms with Gasteiger partial charge in [-0.1, -0.05) is 113 Å². The lowest BCUT2D eigenvalue weighted by molar-refractivity contribution is -0.142. The molecule has 3 saturated heterocycles. The van der Waals surface area contributed by atoms with E-state index >= 15 is 14.4 Å². The zero-order valence-corrected chi connectivity index (χ0v) is 77.3. The number of nitrogens with zero attached hydrogens (tertiary/aromatic N) is 3. The summed E-state index contributed by atoms with van der Waals surface area (Å²) in [6.07, 6.45) is -8.25. The number of primary amides is 2. The Morgan fingerprint density at radius 1 is 0.370 bits per heavy atom. The van der Waals surface area contributed by atoms with Crippen molar-refractivity contribution in [1.82, 2.24) is 83.8 Å². The van der Waals surface area contributed by atoms with Crippen LogP contribution in [0, 0.1) is 11.3 Å². The molecule has 0 spiro atoms. The molecule has 135 heavy (non-hydrogen) atoms. The van der Waals surface area contributed by atoms with Crippen molar-refractivity contribution in [3.63, 3.8) is 0 Å². The predicted molar refractivity (Wildman–Crippen MR) is 488 cm³/mol. The number of carbonyl (C=O) groups excluding carboxylic acids is 18. The highest BCUT2D eigenvalue weighted by atomic mass is 32.2. The van der Waals surface area contributed by atoms with Crippen LogP contribution in [-0.2, 0) is 125 Å². The highest BCUT2D eigenvalue weighted by Crippen LogP contribution is 2.25. The molecule has 0 radical (unpaired) electrons. The van der Waals surface area contributed by atoms with Gasteiger partial charge in [-0.05, 0) is 71.7 Å². The molecule has 0 saturated carbocycles. The molecule has 3 aliphatic rings. The number of phenolic OH excluding ortho intramolecular Hbond substituents is 1. The summed E-state index contributed by atoms with van der Waals surface area (Å²) in [6.45, 7) is 6.85. The number of aliphatic carboxylic acids is 4. The van der Waals surface area contributed by atoms with E-state index in [1.54, 1.807) is 48.5 Å². The minimum absolute atomic E-state index is 0.0879. The first kappa shape index (κ1) is 108. The van der Waals surface area contributed by atoms with Gasteiger partial charge in [0.15, 0.2) is 0 Å². The first-order valence-corrected chi connectivity index (χ1v) is 46.4. The van der Waals surface area contributed by atoms with Crippen LogP contribution in [0.15, 0.2) is 97.1 Å². The monoisotopic (exact) mass is 1940 g/mol. The minimum atomic E-state index is -2.27. The number of carboxylic acids is 4. The van der Waals surface area contributed by atoms with Gasteiger partial charge in [-0.15, -0.1) is 23.5 Å². The van der Waals surface area contributed by atoms with E-state index in [1.807, 2.05) is 0 Å². The van der Waals surface area contributed by atoms with Crippen LogP contribution in [0.4, 0.5) is 0 Å². The quantitative estimate of drug-likeness (QED) is 0.0420. The summed E-state index contributed by atoms with van der Waals surface area (Å²) in [5.41, 5.74) is 11.0. The number of nitrogens with two attached hydrogens (primary N) is 2. The molecule has 14 atom stereocenters. The van der Waals surface area contributed by atoms with Crippen molar-refractivity contribution in [2.75, 3.05) is 73.8 Å². The van der Waals surface area contributed by atoms with Crippen LogP contribution in [0.5, 0.6) is 5.75 Å². The Labute approximate surface area is 787 Å². The molecule has 18 amide bonds. The number of benzene rings is 4. The molecule has 3 aliphatic heterocycles. The number of thioether (sulfide) groups is 3. The molecule has 22 N–H and O–H groups in total. The Hall–Kier alpha value is -13.7. The maximum atomic E-state index is 15.3. The van der Waals surface area contributed by atoms with Gasteiger partial charge < -0.3 is 121 Å². The Kier molecular flexibility index (Phi) is 41.8. The van der Waals surface area contributed by atoms with Gasteiger partial charge in [0, 0.05) is 94.5 Å². The van der Waals surface area contributed by atoms with Gasteiger partial charge in [-0.3, -0.25) is 105 Å². The predicted octanol–water partition coefficient (Wildman–Crippen LogP) is -4.64. The fourth-order valence-corrected chi connectivity index (χ4v) is 17.0. The lowest BCUT2D eigenvalue weighted by atomic mass is 9.85. The van der Waals surface area contributed by atoms with Crippen molar-refractivity contribution >= 4 is 176 Å². The number of aromatic hydroxyl groups is 1. The van der Waals surface area contributed by atoms with Gasteiger partial charge in [-0.25, -0.2) is 0 Å². The first-order valence-electron chi connectivity index (χ1n) is 43.0. The molecular weight excluding hydrogens is 1830 g/mol. The van der Waals surface area contributed by atoms with Gasteiger partial charge in [0.2, 0.25) is 106 Å². The number of rotatable bonds is 19. The molecule has 732 valence electrons. The van der Waals surface area contributed by atoms with Crippen LogP contribution in [0.25, 0.3) is 10.8 Å². The van der Waals surface area contributed by atoms with Crippen LogP contribution < -0.4 is 80.6 Å². The SMILES string of the molecule is C[C@H]1CSCC(=O)N2CCN3CCN(CC2)C(=O)CSC[C@H](NC(=O)[C@@H](C)NC(=O)[C@H](Cc2cccc4ccccc24)NC(=O)[C@H](CCC(=O)O)NC(=O)[C@H](CC(N)=O)NC(=O)[C@@H](C)NC1=O)C(=O)N[C@@H](CCC(=O)O)C(=O)N[C@@H](CC(=O)O)C(=O)N[C@@H](Cc1ccccc1)C(=O)N[C@@H](Cc1ccc(O)cc1)C(=O)NC(CC(=O)O)C(=O)N[C@@H](C(C)(C)C)C(=O)N[C@H](C(N)=O)CSCC3=O. The van der Waals surface area contributed by atoms with Crippen molar-refractivity contribution in [3.05, 3.63) is 114 Å². The topological polar surface area (TPSA) is 695 Å². The van der Waals surface area contributed by atoms with Crippen molar-refractivity contribution in [1.29, 1.82) is 0 Å². The van der Waals surface area contributed by atoms with Gasteiger partial charge >= 0.3 is 23.9 Å². The Bertz CT molecular complexity index is 5050. The number of nitrogens with one attached hydrogen (secondary N) is 13. The average Bonchev–Trinajstić information content (AvgIpc) is 0.899. The molecule has 0 aromatic heterocycles. The molecule has 4 aromatic carbocycles. The van der Waals surface area contributed by atoms with Gasteiger partial charge in [0.25, 0.3) is 0 Å². The molecule has 7 rings (SSSR count). The van der Waals surface area contributed by atoms with Gasteiger partial charge in [0.05, 0.1) is 36.5 Å². The fourth-order valence-electron chi connectivity index (χ4n) is 14.1. The third kappa shape index (κ3) is 35.3. The van der Waals surface area contributed by atoms with Crippen LogP contribution in [0.1, 0.15) is 103 Å². The molecule has 1 unspecified atom stereocenters. The van der Waals surface area contributed by atoms with E-state index in [-0.39, 0.29) is 62.1 Å². The summed E-state index contributed by atoms with van der Waals surface area (Å²) in [4.78, 5) is 315. The molecule has 4 aromatic rings. The molecule has 4 bridgehead atoms. The zero-order valence-electron chi connectivity index (χ0n) is 74.8. The summed E-state index contributed by atoms with van der Waals surface area (Å²) in [7, 11) is 0. The Balaban J connectivity index is 1.36. The average molecular weight is 1940 g/mol. The lowest BCUT2D eigenvalue weighted by Crippen LogP contribution is -2.62. The molecule has 0 aliphatic carbocycles.